The fourth-order valence-corrected chi connectivity index (χ4v) is 3.69. The molecule has 2 aromatic heterocycles. The highest BCUT2D eigenvalue weighted by Crippen LogP contribution is 2.17. The van der Waals surface area contributed by atoms with Crippen LogP contribution < -0.4 is 10.7 Å². The van der Waals surface area contributed by atoms with Crippen molar-refractivity contribution in [3.8, 4) is 0 Å². The molecular formula is C26H23N3O3. The summed E-state index contributed by atoms with van der Waals surface area (Å²) in [5.74, 6) is -0.662. The van der Waals surface area contributed by atoms with Crippen molar-refractivity contribution in [1.29, 1.82) is 0 Å². The molecule has 160 valence electrons. The van der Waals surface area contributed by atoms with E-state index in [1.807, 2.05) is 39.0 Å². The van der Waals surface area contributed by atoms with Crippen molar-refractivity contribution in [3.63, 3.8) is 0 Å². The number of aromatic nitrogens is 2. The Hall–Kier alpha value is -4.06. The summed E-state index contributed by atoms with van der Waals surface area (Å²) in [6.45, 7) is 5.64. The first-order valence-electron chi connectivity index (χ1n) is 10.3. The minimum atomic E-state index is -0.396. The van der Waals surface area contributed by atoms with Gasteiger partial charge in [-0.05, 0) is 44.5 Å². The van der Waals surface area contributed by atoms with E-state index in [0.29, 0.717) is 22.3 Å². The molecule has 0 saturated carbocycles. The molecule has 2 aromatic carbocycles. The van der Waals surface area contributed by atoms with E-state index in [-0.39, 0.29) is 23.8 Å². The van der Waals surface area contributed by atoms with Crippen molar-refractivity contribution in [2.75, 3.05) is 5.32 Å². The SMILES string of the molecule is Cc1ccc(NC(=O)Cn2cc(C(=O)c3ccccc3)c(=O)c3ccc(C)nc32)c(C)c1. The fourth-order valence-electron chi connectivity index (χ4n) is 3.69. The van der Waals surface area contributed by atoms with Crippen molar-refractivity contribution in [2.24, 2.45) is 0 Å². The molecule has 0 spiro atoms. The Kier molecular flexibility index (Phi) is 5.69. The van der Waals surface area contributed by atoms with Gasteiger partial charge in [-0.3, -0.25) is 14.4 Å². The molecule has 6 heteroatoms. The predicted octanol–water partition coefficient (Wildman–Crippen LogP) is 4.19. The summed E-state index contributed by atoms with van der Waals surface area (Å²) >= 11 is 0. The Morgan fingerprint density at radius 1 is 0.969 bits per heavy atom. The second-order valence-electron chi connectivity index (χ2n) is 7.89. The van der Waals surface area contributed by atoms with Crippen LogP contribution in [0.1, 0.15) is 32.7 Å². The first-order chi connectivity index (χ1) is 15.3. The number of fused-ring (bicyclic) bond motifs is 1. The number of aryl methyl sites for hydroxylation is 3. The Labute approximate surface area is 185 Å². The van der Waals surface area contributed by atoms with E-state index >= 15 is 0 Å². The molecule has 0 aliphatic carbocycles. The standard InChI is InChI=1S/C26H23N3O3/c1-16-9-12-22(17(2)13-16)28-23(30)15-29-14-21(24(31)19-7-5-4-6-8-19)25(32)20-11-10-18(3)27-26(20)29/h4-14H,15H2,1-3H3,(H,28,30). The third-order valence-corrected chi connectivity index (χ3v) is 5.31. The van der Waals surface area contributed by atoms with Crippen LogP contribution >= 0.6 is 0 Å². The van der Waals surface area contributed by atoms with E-state index in [1.54, 1.807) is 47.0 Å². The van der Waals surface area contributed by atoms with Crippen LogP contribution in [-0.4, -0.2) is 21.2 Å². The van der Waals surface area contributed by atoms with Crippen LogP contribution in [0.15, 0.2) is 71.7 Å². The molecule has 6 nitrogen and oxygen atoms in total. The first kappa shape index (κ1) is 21.2. The molecule has 0 aliphatic heterocycles. The first-order valence-corrected chi connectivity index (χ1v) is 10.3. The summed E-state index contributed by atoms with van der Waals surface area (Å²) in [5.41, 5.74) is 3.89. The molecular weight excluding hydrogens is 402 g/mol. The minimum absolute atomic E-state index is 0.00803. The maximum absolute atomic E-state index is 13.1. The van der Waals surface area contributed by atoms with E-state index < -0.39 is 5.43 Å². The Bertz CT molecular complexity index is 1410. The number of carbonyl (C=O) groups is 2. The zero-order valence-corrected chi connectivity index (χ0v) is 18.2. The number of nitrogens with zero attached hydrogens (tertiary/aromatic N) is 2. The number of amides is 1. The number of anilines is 1. The van der Waals surface area contributed by atoms with Crippen LogP contribution in [0.5, 0.6) is 0 Å². The van der Waals surface area contributed by atoms with Crippen LogP contribution in [0.2, 0.25) is 0 Å². The zero-order valence-electron chi connectivity index (χ0n) is 18.2. The monoisotopic (exact) mass is 425 g/mol. The van der Waals surface area contributed by atoms with Crippen molar-refractivity contribution >= 4 is 28.4 Å². The maximum atomic E-state index is 13.1. The average Bonchev–Trinajstić information content (AvgIpc) is 2.77. The van der Waals surface area contributed by atoms with Gasteiger partial charge in [0.2, 0.25) is 11.3 Å². The quantitative estimate of drug-likeness (QED) is 0.486. The highest BCUT2D eigenvalue weighted by atomic mass is 16.2. The van der Waals surface area contributed by atoms with Crippen LogP contribution in [0.25, 0.3) is 11.0 Å². The molecule has 0 saturated heterocycles. The molecule has 4 aromatic rings. The van der Waals surface area contributed by atoms with Gasteiger partial charge in [0, 0.05) is 23.1 Å². The molecule has 1 amide bonds. The third kappa shape index (κ3) is 4.21. The Balaban J connectivity index is 1.76. The van der Waals surface area contributed by atoms with E-state index in [2.05, 4.69) is 10.3 Å². The van der Waals surface area contributed by atoms with Crippen LogP contribution in [0.3, 0.4) is 0 Å². The average molecular weight is 425 g/mol. The summed E-state index contributed by atoms with van der Waals surface area (Å²) in [6.07, 6.45) is 1.44. The number of benzene rings is 2. The summed E-state index contributed by atoms with van der Waals surface area (Å²) < 4.78 is 1.57. The van der Waals surface area contributed by atoms with Crippen molar-refractivity contribution in [1.82, 2.24) is 9.55 Å². The number of hydrogen-bond donors (Lipinski definition) is 1. The molecule has 0 unspecified atom stereocenters. The van der Waals surface area contributed by atoms with E-state index in [9.17, 15) is 14.4 Å². The van der Waals surface area contributed by atoms with E-state index in [0.717, 1.165) is 16.8 Å². The van der Waals surface area contributed by atoms with Gasteiger partial charge in [-0.1, -0.05) is 48.0 Å². The lowest BCUT2D eigenvalue weighted by molar-refractivity contribution is -0.116. The van der Waals surface area contributed by atoms with E-state index in [1.165, 1.54) is 6.20 Å². The smallest absolute Gasteiger partial charge is 0.244 e. The molecule has 4 rings (SSSR count). The highest BCUT2D eigenvalue weighted by molar-refractivity contribution is 6.10. The molecule has 0 bridgehead atoms. The largest absolute Gasteiger partial charge is 0.324 e. The number of pyridine rings is 2. The third-order valence-electron chi connectivity index (χ3n) is 5.31. The summed E-state index contributed by atoms with van der Waals surface area (Å²) in [4.78, 5) is 43.5. The predicted molar refractivity (Wildman–Crippen MR) is 125 cm³/mol. The Morgan fingerprint density at radius 3 is 2.44 bits per heavy atom. The van der Waals surface area contributed by atoms with E-state index in [4.69, 9.17) is 0 Å². The van der Waals surface area contributed by atoms with Gasteiger partial charge in [-0.2, -0.15) is 0 Å². The summed E-state index contributed by atoms with van der Waals surface area (Å²) in [6, 6.07) is 17.8. The Morgan fingerprint density at radius 2 is 1.72 bits per heavy atom. The fraction of sp³-hybridized carbons (Fsp3) is 0.154. The van der Waals surface area contributed by atoms with Gasteiger partial charge < -0.3 is 9.88 Å². The van der Waals surface area contributed by atoms with Gasteiger partial charge in [0.05, 0.1) is 10.9 Å². The highest BCUT2D eigenvalue weighted by Gasteiger charge is 2.19. The summed E-state index contributed by atoms with van der Waals surface area (Å²) in [5, 5.41) is 3.21. The zero-order chi connectivity index (χ0) is 22.8. The molecule has 0 aliphatic rings. The van der Waals surface area contributed by atoms with Crippen LogP contribution in [0.4, 0.5) is 5.69 Å². The second-order valence-corrected chi connectivity index (χ2v) is 7.89. The molecule has 0 radical (unpaired) electrons. The molecule has 2 heterocycles. The summed E-state index contributed by atoms with van der Waals surface area (Å²) in [7, 11) is 0. The topological polar surface area (TPSA) is 81.1 Å². The van der Waals surface area contributed by atoms with Gasteiger partial charge in [0.15, 0.2) is 5.78 Å². The number of ketones is 1. The second kappa shape index (κ2) is 8.59. The molecule has 1 N–H and O–H groups in total. The lowest BCUT2D eigenvalue weighted by Crippen LogP contribution is -2.25. The maximum Gasteiger partial charge on any atom is 0.244 e. The van der Waals surface area contributed by atoms with Gasteiger partial charge in [-0.15, -0.1) is 0 Å². The van der Waals surface area contributed by atoms with Gasteiger partial charge >= 0.3 is 0 Å². The lowest BCUT2D eigenvalue weighted by Gasteiger charge is -2.14. The van der Waals surface area contributed by atoms with Crippen LogP contribution in [-0.2, 0) is 11.3 Å². The van der Waals surface area contributed by atoms with Gasteiger partial charge in [0.1, 0.15) is 12.2 Å². The lowest BCUT2D eigenvalue weighted by atomic mass is 10.0. The van der Waals surface area contributed by atoms with Gasteiger partial charge in [0.25, 0.3) is 0 Å². The molecule has 32 heavy (non-hydrogen) atoms. The van der Waals surface area contributed by atoms with Gasteiger partial charge in [-0.25, -0.2) is 4.98 Å². The number of nitrogens with one attached hydrogen (secondary N) is 1. The molecule has 0 fully saturated rings. The van der Waals surface area contributed by atoms with Crippen molar-refractivity contribution in [2.45, 2.75) is 27.3 Å². The van der Waals surface area contributed by atoms with Crippen molar-refractivity contribution in [3.05, 3.63) is 105 Å². The number of hydrogen-bond acceptors (Lipinski definition) is 4. The normalized spacial score (nSPS) is 10.8. The minimum Gasteiger partial charge on any atom is -0.324 e. The van der Waals surface area contributed by atoms with Crippen LogP contribution in [0, 0.1) is 20.8 Å². The van der Waals surface area contributed by atoms with Crippen molar-refractivity contribution < 1.29 is 9.59 Å². The number of carbonyl (C=O) groups excluding carboxylic acids is 2. The molecule has 0 atom stereocenters. The number of rotatable bonds is 5.